The van der Waals surface area contributed by atoms with Crippen LogP contribution < -0.4 is 0 Å². The molecule has 0 unspecified atom stereocenters. The molecule has 1 aliphatic heterocycles. The normalized spacial score (nSPS) is 14.3. The average Bonchev–Trinajstić information content (AvgIpc) is 3.36. The lowest BCUT2D eigenvalue weighted by molar-refractivity contribution is 0.324. The number of aromatic nitrogens is 3. The lowest BCUT2D eigenvalue weighted by atomic mass is 10.1. The van der Waals surface area contributed by atoms with Crippen molar-refractivity contribution >= 4 is 57.6 Å². The van der Waals surface area contributed by atoms with Crippen molar-refractivity contribution in [1.82, 2.24) is 18.9 Å². The van der Waals surface area contributed by atoms with E-state index in [1.54, 1.807) is 0 Å². The minimum Gasteiger partial charge on any atom is -0.308 e. The fourth-order valence-corrected chi connectivity index (χ4v) is 4.23. The van der Waals surface area contributed by atoms with E-state index in [2.05, 4.69) is 84.5 Å². The number of rotatable bonds is 4. The van der Waals surface area contributed by atoms with Crippen LogP contribution in [-0.4, -0.2) is 38.5 Å². The van der Waals surface area contributed by atoms with E-state index in [0.29, 0.717) is 0 Å². The molecule has 148 valence electrons. The summed E-state index contributed by atoms with van der Waals surface area (Å²) in [7, 11) is 0. The highest BCUT2D eigenvalue weighted by molar-refractivity contribution is 9.10. The smallest absolute Gasteiger partial charge is 0.215 e. The molecule has 5 rings (SSSR count). The third-order valence-corrected chi connectivity index (χ3v) is 5.87. The van der Waals surface area contributed by atoms with Gasteiger partial charge in [-0.05, 0) is 55.8 Å². The molecule has 0 bridgehead atoms. The van der Waals surface area contributed by atoms with Gasteiger partial charge in [0.05, 0.1) is 16.7 Å². The highest BCUT2D eigenvalue weighted by Gasteiger charge is 2.17. The first-order chi connectivity index (χ1) is 12.8. The molecule has 2 aromatic heterocycles. The number of hydrogen-bond acceptors (Lipinski definition) is 2. The van der Waals surface area contributed by atoms with E-state index in [-0.39, 0.29) is 24.8 Å². The van der Waals surface area contributed by atoms with Crippen molar-refractivity contribution in [2.24, 2.45) is 0 Å². The van der Waals surface area contributed by atoms with Crippen LogP contribution in [0.25, 0.3) is 28.1 Å². The standard InChI is InChI=1S/C21H21BrN4.2ClH/c22-17-9-7-16(8-10-17)20-15-26-19-6-2-1-5-18(19)23-21(26)25(20)14-13-24-11-3-4-12-24;;/h1-2,5-10,15H,3-4,11-14H2;2*1H. The van der Waals surface area contributed by atoms with Crippen molar-refractivity contribution in [2.45, 2.75) is 19.4 Å². The highest BCUT2D eigenvalue weighted by atomic mass is 79.9. The second-order valence-electron chi connectivity index (χ2n) is 6.99. The number of para-hydroxylation sites is 2. The van der Waals surface area contributed by atoms with Crippen molar-refractivity contribution in [3.8, 4) is 11.3 Å². The largest absolute Gasteiger partial charge is 0.308 e. The molecule has 0 N–H and O–H groups in total. The van der Waals surface area contributed by atoms with Gasteiger partial charge in [-0.2, -0.15) is 0 Å². The van der Waals surface area contributed by atoms with Crippen LogP contribution in [0.15, 0.2) is 59.2 Å². The molecule has 0 radical (unpaired) electrons. The van der Waals surface area contributed by atoms with Gasteiger partial charge in [0.15, 0.2) is 0 Å². The molecule has 4 aromatic rings. The van der Waals surface area contributed by atoms with Gasteiger partial charge in [0.2, 0.25) is 5.78 Å². The number of benzene rings is 2. The summed E-state index contributed by atoms with van der Waals surface area (Å²) in [4.78, 5) is 7.48. The van der Waals surface area contributed by atoms with Crippen molar-refractivity contribution in [3.63, 3.8) is 0 Å². The summed E-state index contributed by atoms with van der Waals surface area (Å²) in [6, 6.07) is 16.9. The minimum absolute atomic E-state index is 0. The van der Waals surface area contributed by atoms with Crippen molar-refractivity contribution in [1.29, 1.82) is 0 Å². The molecule has 2 aromatic carbocycles. The van der Waals surface area contributed by atoms with E-state index in [1.165, 1.54) is 42.7 Å². The van der Waals surface area contributed by atoms with Crippen LogP contribution in [0.1, 0.15) is 12.8 Å². The number of fused-ring (bicyclic) bond motifs is 3. The van der Waals surface area contributed by atoms with Gasteiger partial charge in [0, 0.05) is 23.8 Å². The zero-order valence-corrected chi connectivity index (χ0v) is 18.6. The maximum Gasteiger partial charge on any atom is 0.215 e. The summed E-state index contributed by atoms with van der Waals surface area (Å²) < 4.78 is 5.71. The van der Waals surface area contributed by atoms with Crippen LogP contribution >= 0.6 is 40.7 Å². The maximum atomic E-state index is 4.92. The molecule has 7 heteroatoms. The summed E-state index contributed by atoms with van der Waals surface area (Å²) >= 11 is 3.54. The van der Waals surface area contributed by atoms with Crippen molar-refractivity contribution < 1.29 is 0 Å². The van der Waals surface area contributed by atoms with Crippen LogP contribution in [0.2, 0.25) is 0 Å². The lowest BCUT2D eigenvalue weighted by Gasteiger charge is -2.16. The second kappa shape index (κ2) is 8.87. The van der Waals surface area contributed by atoms with Gasteiger partial charge in [-0.1, -0.05) is 40.2 Å². The Bertz CT molecular complexity index is 1070. The Balaban J connectivity index is 0.00000112. The number of likely N-dealkylation sites (tertiary alicyclic amines) is 1. The molecule has 0 saturated carbocycles. The number of hydrogen-bond donors (Lipinski definition) is 0. The van der Waals surface area contributed by atoms with Crippen molar-refractivity contribution in [2.75, 3.05) is 19.6 Å². The molecule has 4 nitrogen and oxygen atoms in total. The van der Waals surface area contributed by atoms with E-state index in [1.807, 2.05) is 0 Å². The van der Waals surface area contributed by atoms with Gasteiger partial charge >= 0.3 is 0 Å². The Morgan fingerprint density at radius 1 is 0.893 bits per heavy atom. The van der Waals surface area contributed by atoms with E-state index in [4.69, 9.17) is 4.98 Å². The van der Waals surface area contributed by atoms with Crippen LogP contribution in [0.3, 0.4) is 0 Å². The first-order valence-corrected chi connectivity index (χ1v) is 10.0. The van der Waals surface area contributed by atoms with E-state index in [0.717, 1.165) is 28.9 Å². The SMILES string of the molecule is Brc1ccc(-c2cn3c4ccccc4nc3n2CCN2CCCC2)cc1.Cl.Cl. The molecule has 0 atom stereocenters. The highest BCUT2D eigenvalue weighted by Crippen LogP contribution is 2.28. The fourth-order valence-electron chi connectivity index (χ4n) is 3.97. The predicted molar refractivity (Wildman–Crippen MR) is 124 cm³/mol. The summed E-state index contributed by atoms with van der Waals surface area (Å²) in [5.41, 5.74) is 4.68. The molecule has 0 aliphatic carbocycles. The monoisotopic (exact) mass is 480 g/mol. The number of imidazole rings is 2. The second-order valence-corrected chi connectivity index (χ2v) is 7.91. The van der Waals surface area contributed by atoms with E-state index in [9.17, 15) is 0 Å². The molecule has 1 fully saturated rings. The number of halogens is 3. The van der Waals surface area contributed by atoms with Gasteiger partial charge < -0.3 is 9.47 Å². The van der Waals surface area contributed by atoms with Gasteiger partial charge in [0.25, 0.3) is 0 Å². The van der Waals surface area contributed by atoms with Gasteiger partial charge in [-0.25, -0.2) is 4.98 Å². The Kier molecular flexibility index (Phi) is 6.71. The Morgan fingerprint density at radius 2 is 1.61 bits per heavy atom. The lowest BCUT2D eigenvalue weighted by Crippen LogP contribution is -2.24. The fraction of sp³-hybridized carbons (Fsp3) is 0.286. The quantitative estimate of drug-likeness (QED) is 0.376. The molecule has 0 amide bonds. The first-order valence-electron chi connectivity index (χ1n) is 9.24. The van der Waals surface area contributed by atoms with Gasteiger partial charge in [-0.3, -0.25) is 4.40 Å². The molecule has 0 spiro atoms. The van der Waals surface area contributed by atoms with Crippen molar-refractivity contribution in [3.05, 3.63) is 59.2 Å². The molecule has 1 aliphatic rings. The van der Waals surface area contributed by atoms with Gasteiger partial charge in [0.1, 0.15) is 0 Å². The molecular weight excluding hydrogens is 459 g/mol. The molecule has 1 saturated heterocycles. The van der Waals surface area contributed by atoms with Crippen LogP contribution in [0.4, 0.5) is 0 Å². The van der Waals surface area contributed by atoms with E-state index >= 15 is 0 Å². The Morgan fingerprint density at radius 3 is 2.36 bits per heavy atom. The molecular formula is C21H23BrCl2N4. The van der Waals surface area contributed by atoms with Gasteiger partial charge in [-0.15, -0.1) is 24.8 Å². The minimum atomic E-state index is 0. The summed E-state index contributed by atoms with van der Waals surface area (Å²) in [5.74, 6) is 1.03. The topological polar surface area (TPSA) is 25.5 Å². The van der Waals surface area contributed by atoms with Crippen LogP contribution in [-0.2, 0) is 6.54 Å². The summed E-state index contributed by atoms with van der Waals surface area (Å²) in [5, 5.41) is 0. The Hall–Kier alpha value is -1.53. The van der Waals surface area contributed by atoms with E-state index < -0.39 is 0 Å². The summed E-state index contributed by atoms with van der Waals surface area (Å²) in [6.07, 6.45) is 4.89. The average molecular weight is 482 g/mol. The van der Waals surface area contributed by atoms with Crippen LogP contribution in [0, 0.1) is 0 Å². The third kappa shape index (κ3) is 3.81. The molecule has 3 heterocycles. The summed E-state index contributed by atoms with van der Waals surface area (Å²) in [6.45, 7) is 4.49. The zero-order valence-electron chi connectivity index (χ0n) is 15.4. The zero-order chi connectivity index (χ0) is 17.5. The third-order valence-electron chi connectivity index (χ3n) is 5.34. The van der Waals surface area contributed by atoms with Crippen LogP contribution in [0.5, 0.6) is 0 Å². The molecule has 28 heavy (non-hydrogen) atoms. The maximum absolute atomic E-state index is 4.92. The number of nitrogens with zero attached hydrogens (tertiary/aromatic N) is 4. The Labute approximate surface area is 185 Å². The first kappa shape index (κ1) is 21.2. The predicted octanol–water partition coefficient (Wildman–Crippen LogP) is 5.66.